The second-order valence-electron chi connectivity index (χ2n) is 6.76. The van der Waals surface area contributed by atoms with Crippen LogP contribution < -0.4 is 16.2 Å². The number of nitrogens with two attached hydrogens (primary N) is 1. The predicted octanol–water partition coefficient (Wildman–Crippen LogP) is 1.56. The SMILES string of the molecule is COc1ccc(C2CN(C(=O)Cn3c(=O)oc4ccccc43)CC2N)cc1. The Morgan fingerprint density at radius 3 is 2.67 bits per heavy atom. The van der Waals surface area contributed by atoms with E-state index in [1.165, 1.54) is 4.57 Å². The van der Waals surface area contributed by atoms with Crippen molar-refractivity contribution in [1.29, 1.82) is 0 Å². The predicted molar refractivity (Wildman–Crippen MR) is 101 cm³/mol. The molecule has 4 rings (SSSR count). The van der Waals surface area contributed by atoms with Gasteiger partial charge in [0.2, 0.25) is 5.91 Å². The van der Waals surface area contributed by atoms with E-state index in [1.54, 1.807) is 30.2 Å². The van der Waals surface area contributed by atoms with E-state index in [0.717, 1.165) is 11.3 Å². The fourth-order valence-corrected chi connectivity index (χ4v) is 3.64. The number of fused-ring (bicyclic) bond motifs is 1. The standard InChI is InChI=1S/C20H21N3O4/c1-26-14-8-6-13(7-9-14)15-10-22(11-16(15)21)19(24)12-23-17-4-2-3-5-18(17)27-20(23)25/h2-9,15-16H,10-12,21H2,1H3. The van der Waals surface area contributed by atoms with Crippen LogP contribution in [0.5, 0.6) is 5.75 Å². The monoisotopic (exact) mass is 367 g/mol. The number of carbonyl (C=O) groups is 1. The molecule has 1 fully saturated rings. The lowest BCUT2D eigenvalue weighted by Crippen LogP contribution is -2.35. The van der Waals surface area contributed by atoms with E-state index in [0.29, 0.717) is 24.2 Å². The Hall–Kier alpha value is -3.06. The Morgan fingerprint density at radius 2 is 1.93 bits per heavy atom. The molecule has 3 aromatic rings. The van der Waals surface area contributed by atoms with Gasteiger partial charge in [0.05, 0.1) is 12.6 Å². The van der Waals surface area contributed by atoms with Crippen LogP contribution >= 0.6 is 0 Å². The van der Waals surface area contributed by atoms with Crippen LogP contribution in [-0.4, -0.2) is 41.6 Å². The van der Waals surface area contributed by atoms with Gasteiger partial charge in [-0.25, -0.2) is 4.79 Å². The third-order valence-electron chi connectivity index (χ3n) is 5.13. The number of rotatable bonds is 4. The Balaban J connectivity index is 1.51. The van der Waals surface area contributed by atoms with Gasteiger partial charge in [-0.1, -0.05) is 24.3 Å². The summed E-state index contributed by atoms with van der Waals surface area (Å²) in [6, 6.07) is 14.7. The topological polar surface area (TPSA) is 90.7 Å². The van der Waals surface area contributed by atoms with Crippen molar-refractivity contribution in [3.05, 3.63) is 64.6 Å². The summed E-state index contributed by atoms with van der Waals surface area (Å²) in [6.45, 7) is 0.925. The van der Waals surface area contributed by atoms with Crippen molar-refractivity contribution in [2.45, 2.75) is 18.5 Å². The van der Waals surface area contributed by atoms with Gasteiger partial charge in [-0.2, -0.15) is 0 Å². The maximum Gasteiger partial charge on any atom is 0.420 e. The van der Waals surface area contributed by atoms with Crippen LogP contribution in [0.15, 0.2) is 57.7 Å². The summed E-state index contributed by atoms with van der Waals surface area (Å²) in [5.74, 6) is 0.164. The molecule has 2 atom stereocenters. The van der Waals surface area contributed by atoms with E-state index < -0.39 is 5.76 Å². The van der Waals surface area contributed by atoms with Crippen molar-refractivity contribution >= 4 is 17.0 Å². The third-order valence-corrected chi connectivity index (χ3v) is 5.13. The highest BCUT2D eigenvalue weighted by atomic mass is 16.5. The number of hydrogen-bond donors (Lipinski definition) is 1. The van der Waals surface area contributed by atoms with Crippen LogP contribution in [0.3, 0.4) is 0 Å². The zero-order valence-electron chi connectivity index (χ0n) is 15.0. The molecule has 1 amide bonds. The summed E-state index contributed by atoms with van der Waals surface area (Å²) >= 11 is 0. The van der Waals surface area contributed by atoms with Crippen molar-refractivity contribution in [3.63, 3.8) is 0 Å². The smallest absolute Gasteiger partial charge is 0.420 e. The van der Waals surface area contributed by atoms with E-state index in [4.69, 9.17) is 14.9 Å². The summed E-state index contributed by atoms with van der Waals surface area (Å²) in [6.07, 6.45) is 0. The van der Waals surface area contributed by atoms with Crippen LogP contribution in [0.1, 0.15) is 11.5 Å². The second-order valence-corrected chi connectivity index (χ2v) is 6.76. The van der Waals surface area contributed by atoms with E-state index in [-0.39, 0.29) is 24.4 Å². The number of nitrogens with zero attached hydrogens (tertiary/aromatic N) is 2. The van der Waals surface area contributed by atoms with Gasteiger partial charge in [-0.3, -0.25) is 9.36 Å². The number of amides is 1. The molecular formula is C20H21N3O4. The number of methoxy groups -OCH3 is 1. The van der Waals surface area contributed by atoms with E-state index in [9.17, 15) is 9.59 Å². The number of oxazole rings is 1. The molecule has 0 radical (unpaired) electrons. The van der Waals surface area contributed by atoms with Crippen LogP contribution in [-0.2, 0) is 11.3 Å². The zero-order valence-corrected chi connectivity index (χ0v) is 15.0. The molecule has 1 aliphatic rings. The van der Waals surface area contributed by atoms with Gasteiger partial charge in [-0.15, -0.1) is 0 Å². The van der Waals surface area contributed by atoms with E-state index >= 15 is 0 Å². The summed E-state index contributed by atoms with van der Waals surface area (Å²) in [7, 11) is 1.62. The summed E-state index contributed by atoms with van der Waals surface area (Å²) < 4.78 is 11.7. The molecule has 0 spiro atoms. The highest BCUT2D eigenvalue weighted by Crippen LogP contribution is 2.28. The maximum absolute atomic E-state index is 12.8. The average Bonchev–Trinajstić information content (AvgIpc) is 3.22. The average molecular weight is 367 g/mol. The van der Waals surface area contributed by atoms with Gasteiger partial charge in [0.1, 0.15) is 12.3 Å². The Morgan fingerprint density at radius 1 is 1.19 bits per heavy atom. The first-order valence-electron chi connectivity index (χ1n) is 8.82. The van der Waals surface area contributed by atoms with Gasteiger partial charge in [-0.05, 0) is 29.8 Å². The number of aromatic nitrogens is 1. The second kappa shape index (κ2) is 6.92. The number of hydrogen-bond acceptors (Lipinski definition) is 5. The first-order valence-corrected chi connectivity index (χ1v) is 8.82. The largest absolute Gasteiger partial charge is 0.497 e. The molecule has 2 heterocycles. The molecule has 0 bridgehead atoms. The minimum Gasteiger partial charge on any atom is -0.497 e. The van der Waals surface area contributed by atoms with Gasteiger partial charge < -0.3 is 19.8 Å². The number of ether oxygens (including phenoxy) is 1. The lowest BCUT2D eigenvalue weighted by Gasteiger charge is -2.17. The number of para-hydroxylation sites is 2. The van der Waals surface area contributed by atoms with E-state index in [2.05, 4.69) is 0 Å². The molecule has 7 heteroatoms. The molecule has 27 heavy (non-hydrogen) atoms. The van der Waals surface area contributed by atoms with Crippen molar-refractivity contribution < 1.29 is 13.9 Å². The van der Waals surface area contributed by atoms with Crippen molar-refractivity contribution in [3.8, 4) is 5.75 Å². The van der Waals surface area contributed by atoms with Gasteiger partial charge in [0.25, 0.3) is 0 Å². The summed E-state index contributed by atoms with van der Waals surface area (Å²) in [4.78, 5) is 26.6. The lowest BCUT2D eigenvalue weighted by atomic mass is 9.95. The van der Waals surface area contributed by atoms with Crippen LogP contribution in [0.2, 0.25) is 0 Å². The van der Waals surface area contributed by atoms with Crippen molar-refractivity contribution in [1.82, 2.24) is 9.47 Å². The van der Waals surface area contributed by atoms with E-state index in [1.807, 2.05) is 30.3 Å². The Bertz CT molecular complexity index is 1020. The maximum atomic E-state index is 12.8. The lowest BCUT2D eigenvalue weighted by molar-refractivity contribution is -0.130. The number of benzene rings is 2. The minimum atomic E-state index is -0.528. The minimum absolute atomic E-state index is 0.0534. The fourth-order valence-electron chi connectivity index (χ4n) is 3.64. The van der Waals surface area contributed by atoms with Gasteiger partial charge >= 0.3 is 5.76 Å². The first kappa shape index (κ1) is 17.4. The highest BCUT2D eigenvalue weighted by molar-refractivity contribution is 5.80. The molecule has 1 aliphatic heterocycles. The first-order chi connectivity index (χ1) is 13.1. The molecule has 1 saturated heterocycles. The zero-order chi connectivity index (χ0) is 19.0. The van der Waals surface area contributed by atoms with Crippen LogP contribution in [0, 0.1) is 0 Å². The molecule has 0 saturated carbocycles. The molecule has 1 aromatic heterocycles. The van der Waals surface area contributed by atoms with Gasteiger partial charge in [0, 0.05) is 25.0 Å². The quantitative estimate of drug-likeness (QED) is 0.756. The highest BCUT2D eigenvalue weighted by Gasteiger charge is 2.34. The molecule has 2 unspecified atom stereocenters. The Kier molecular flexibility index (Phi) is 4.45. The molecule has 0 aliphatic carbocycles. The van der Waals surface area contributed by atoms with Crippen molar-refractivity contribution in [2.75, 3.05) is 20.2 Å². The molecule has 140 valence electrons. The molecular weight excluding hydrogens is 346 g/mol. The number of likely N-dealkylation sites (tertiary alicyclic amines) is 1. The molecule has 7 nitrogen and oxygen atoms in total. The number of carbonyl (C=O) groups excluding carboxylic acids is 1. The van der Waals surface area contributed by atoms with Crippen molar-refractivity contribution in [2.24, 2.45) is 5.73 Å². The van der Waals surface area contributed by atoms with Crippen LogP contribution in [0.4, 0.5) is 0 Å². The summed E-state index contributed by atoms with van der Waals surface area (Å²) in [5, 5.41) is 0. The third kappa shape index (κ3) is 3.21. The fraction of sp³-hybridized carbons (Fsp3) is 0.300. The van der Waals surface area contributed by atoms with Gasteiger partial charge in [0.15, 0.2) is 5.58 Å². The van der Waals surface area contributed by atoms with Crippen LogP contribution in [0.25, 0.3) is 11.1 Å². The molecule has 2 N–H and O–H groups in total. The molecule has 2 aromatic carbocycles. The normalized spacial score (nSPS) is 19.6. The summed E-state index contributed by atoms with van der Waals surface area (Å²) in [5.41, 5.74) is 8.46. The Labute approximate surface area is 155 Å².